The minimum atomic E-state index is -0.467. The number of fused-ring (bicyclic) bond motifs is 1. The number of tetrazole rings is 1. The summed E-state index contributed by atoms with van der Waals surface area (Å²) >= 11 is 0. The van der Waals surface area contributed by atoms with E-state index < -0.39 is 5.82 Å². The number of hydrogen-bond acceptors (Lipinski definition) is 6. The summed E-state index contributed by atoms with van der Waals surface area (Å²) in [7, 11) is 2.06. The van der Waals surface area contributed by atoms with Crippen LogP contribution < -0.4 is 5.32 Å². The van der Waals surface area contributed by atoms with Gasteiger partial charge in [-0.1, -0.05) is 0 Å². The second kappa shape index (κ2) is 7.20. The molecule has 2 aliphatic heterocycles. The number of piperidine rings is 1. The average molecular weight is 375 g/mol. The molecule has 1 N–H and O–H groups in total. The number of amides is 2. The van der Waals surface area contributed by atoms with Gasteiger partial charge in [0.25, 0.3) is 0 Å². The van der Waals surface area contributed by atoms with Gasteiger partial charge in [-0.3, -0.25) is 4.90 Å². The Hall–Kier alpha value is -2.59. The van der Waals surface area contributed by atoms with Crippen molar-refractivity contribution in [3.8, 4) is 5.69 Å². The van der Waals surface area contributed by atoms with Crippen molar-refractivity contribution in [2.75, 3.05) is 38.6 Å². The molecule has 0 radical (unpaired) electrons. The molecule has 3 heterocycles. The summed E-state index contributed by atoms with van der Waals surface area (Å²) in [4.78, 5) is 16.7. The highest BCUT2D eigenvalue weighted by Crippen LogP contribution is 2.23. The van der Waals surface area contributed by atoms with Crippen molar-refractivity contribution in [1.82, 2.24) is 30.0 Å². The number of anilines is 1. The van der Waals surface area contributed by atoms with Crippen molar-refractivity contribution < 1.29 is 13.9 Å². The van der Waals surface area contributed by atoms with E-state index in [1.165, 1.54) is 22.9 Å². The minimum absolute atomic E-state index is 0.174. The van der Waals surface area contributed by atoms with Crippen LogP contribution in [0.25, 0.3) is 5.69 Å². The molecule has 0 bridgehead atoms. The van der Waals surface area contributed by atoms with Crippen LogP contribution in [0.2, 0.25) is 0 Å². The van der Waals surface area contributed by atoms with Gasteiger partial charge < -0.3 is 15.0 Å². The van der Waals surface area contributed by atoms with Crippen molar-refractivity contribution in [2.24, 2.45) is 0 Å². The number of aromatic nitrogens is 4. The zero-order valence-corrected chi connectivity index (χ0v) is 15.3. The molecule has 2 aromatic rings. The zero-order valence-electron chi connectivity index (χ0n) is 15.3. The van der Waals surface area contributed by atoms with Gasteiger partial charge in [-0.15, -0.1) is 5.10 Å². The Morgan fingerprint density at radius 3 is 3.00 bits per heavy atom. The normalized spacial score (nSPS) is 23.1. The molecule has 2 fully saturated rings. The summed E-state index contributed by atoms with van der Waals surface area (Å²) < 4.78 is 21.3. The van der Waals surface area contributed by atoms with Crippen molar-refractivity contribution in [1.29, 1.82) is 0 Å². The topological polar surface area (TPSA) is 88.4 Å². The fourth-order valence-electron chi connectivity index (χ4n) is 3.64. The standard InChI is InChI=1S/C17H22FN7O2/c1-11-20-21-22-25(11)14-9-12(3-4-13(14)18)19-17(26)24-6-5-16-15(10-24)23(2)7-8-27-16/h3-4,9,15-16H,5-8,10H2,1-2H3,(H,19,26). The SMILES string of the molecule is Cc1nnnn1-c1cc(NC(=O)N2CCC3OCCN(C)C3C2)ccc1F. The van der Waals surface area contributed by atoms with E-state index in [0.717, 1.165) is 19.6 Å². The molecule has 9 nitrogen and oxygen atoms in total. The van der Waals surface area contributed by atoms with Crippen LogP contribution in [0.3, 0.4) is 0 Å². The Kier molecular flexibility index (Phi) is 4.75. The quantitative estimate of drug-likeness (QED) is 0.844. The number of carbonyl (C=O) groups is 1. The predicted octanol–water partition coefficient (Wildman–Crippen LogP) is 1.05. The Morgan fingerprint density at radius 1 is 1.37 bits per heavy atom. The highest BCUT2D eigenvalue weighted by atomic mass is 19.1. The number of carbonyl (C=O) groups excluding carboxylic acids is 1. The number of urea groups is 1. The van der Waals surface area contributed by atoms with Gasteiger partial charge in [-0.05, 0) is 49.0 Å². The lowest BCUT2D eigenvalue weighted by Crippen LogP contribution is -2.60. The number of hydrogen-bond donors (Lipinski definition) is 1. The second-order valence-corrected chi connectivity index (χ2v) is 6.93. The fraction of sp³-hybridized carbons (Fsp3) is 0.529. The Morgan fingerprint density at radius 2 is 2.22 bits per heavy atom. The third-order valence-corrected chi connectivity index (χ3v) is 5.20. The van der Waals surface area contributed by atoms with Gasteiger partial charge in [0.15, 0.2) is 5.82 Å². The fourth-order valence-corrected chi connectivity index (χ4v) is 3.64. The van der Waals surface area contributed by atoms with Crippen LogP contribution in [-0.2, 0) is 4.74 Å². The molecular weight excluding hydrogens is 353 g/mol. The number of halogens is 1. The lowest BCUT2D eigenvalue weighted by atomic mass is 9.99. The van der Waals surface area contributed by atoms with Crippen LogP contribution in [0.4, 0.5) is 14.9 Å². The smallest absolute Gasteiger partial charge is 0.321 e. The van der Waals surface area contributed by atoms with E-state index in [-0.39, 0.29) is 23.9 Å². The Bertz CT molecular complexity index is 842. The zero-order chi connectivity index (χ0) is 19.0. The molecule has 2 aliphatic rings. The van der Waals surface area contributed by atoms with Crippen LogP contribution in [0, 0.1) is 12.7 Å². The number of benzene rings is 1. The molecule has 2 saturated heterocycles. The summed E-state index contributed by atoms with van der Waals surface area (Å²) in [5.74, 6) is -0.00928. The maximum atomic E-state index is 14.2. The summed E-state index contributed by atoms with van der Waals surface area (Å²) in [6, 6.07) is 4.34. The largest absolute Gasteiger partial charge is 0.375 e. The van der Waals surface area contributed by atoms with E-state index >= 15 is 0 Å². The number of likely N-dealkylation sites (tertiary alicyclic amines) is 1. The molecule has 1 aromatic carbocycles. The van der Waals surface area contributed by atoms with Gasteiger partial charge in [0.05, 0.1) is 18.8 Å². The minimum Gasteiger partial charge on any atom is -0.375 e. The summed E-state index contributed by atoms with van der Waals surface area (Å²) in [5.41, 5.74) is 0.677. The van der Waals surface area contributed by atoms with Crippen molar-refractivity contribution in [2.45, 2.75) is 25.5 Å². The summed E-state index contributed by atoms with van der Waals surface area (Å²) in [5, 5.41) is 13.9. The lowest BCUT2D eigenvalue weighted by Gasteiger charge is -2.45. The second-order valence-electron chi connectivity index (χ2n) is 6.93. The molecular formula is C17H22FN7O2. The molecule has 2 atom stereocenters. The van der Waals surface area contributed by atoms with E-state index in [2.05, 4.69) is 32.8 Å². The Balaban J connectivity index is 1.48. The van der Waals surface area contributed by atoms with E-state index in [0.29, 0.717) is 24.6 Å². The monoisotopic (exact) mass is 375 g/mol. The highest BCUT2D eigenvalue weighted by Gasteiger charge is 2.36. The first kappa shape index (κ1) is 17.8. The number of nitrogens with one attached hydrogen (secondary N) is 1. The third-order valence-electron chi connectivity index (χ3n) is 5.20. The summed E-state index contributed by atoms with van der Waals surface area (Å²) in [6.07, 6.45) is 0.981. The molecule has 4 rings (SSSR count). The van der Waals surface area contributed by atoms with E-state index in [4.69, 9.17) is 4.74 Å². The molecule has 10 heteroatoms. The number of nitrogens with zero attached hydrogens (tertiary/aromatic N) is 6. The molecule has 0 aliphatic carbocycles. The molecule has 27 heavy (non-hydrogen) atoms. The highest BCUT2D eigenvalue weighted by molar-refractivity contribution is 5.89. The van der Waals surface area contributed by atoms with Crippen LogP contribution >= 0.6 is 0 Å². The van der Waals surface area contributed by atoms with Gasteiger partial charge in [-0.2, -0.15) is 4.68 Å². The number of ether oxygens (including phenoxy) is 1. The van der Waals surface area contributed by atoms with Crippen molar-refractivity contribution >= 4 is 11.7 Å². The van der Waals surface area contributed by atoms with Crippen LogP contribution in [-0.4, -0.2) is 81.5 Å². The van der Waals surface area contributed by atoms with Crippen LogP contribution in [0.15, 0.2) is 18.2 Å². The first-order chi connectivity index (χ1) is 13.0. The molecule has 144 valence electrons. The summed E-state index contributed by atoms with van der Waals surface area (Å²) in [6.45, 7) is 4.51. The van der Waals surface area contributed by atoms with E-state index in [9.17, 15) is 9.18 Å². The third kappa shape index (κ3) is 3.50. The van der Waals surface area contributed by atoms with Crippen LogP contribution in [0.1, 0.15) is 12.2 Å². The van der Waals surface area contributed by atoms with Gasteiger partial charge in [0.1, 0.15) is 11.5 Å². The Labute approximate surface area is 156 Å². The first-order valence-corrected chi connectivity index (χ1v) is 8.95. The maximum absolute atomic E-state index is 14.2. The molecule has 0 spiro atoms. The van der Waals surface area contributed by atoms with Crippen LogP contribution in [0.5, 0.6) is 0 Å². The van der Waals surface area contributed by atoms with Gasteiger partial charge >= 0.3 is 6.03 Å². The number of likely N-dealkylation sites (N-methyl/N-ethyl adjacent to an activating group) is 1. The van der Waals surface area contributed by atoms with Crippen molar-refractivity contribution in [3.05, 3.63) is 29.8 Å². The first-order valence-electron chi connectivity index (χ1n) is 8.95. The number of morpholine rings is 1. The molecule has 2 amide bonds. The molecule has 2 unspecified atom stereocenters. The lowest BCUT2D eigenvalue weighted by molar-refractivity contribution is -0.0875. The number of aryl methyl sites for hydroxylation is 1. The average Bonchev–Trinajstić information content (AvgIpc) is 3.09. The van der Waals surface area contributed by atoms with Gasteiger partial charge in [0.2, 0.25) is 0 Å². The van der Waals surface area contributed by atoms with E-state index in [1.807, 2.05) is 0 Å². The number of rotatable bonds is 2. The predicted molar refractivity (Wildman–Crippen MR) is 95.2 cm³/mol. The van der Waals surface area contributed by atoms with Crippen molar-refractivity contribution in [3.63, 3.8) is 0 Å². The molecule has 1 aromatic heterocycles. The van der Waals surface area contributed by atoms with E-state index in [1.54, 1.807) is 11.8 Å². The molecule has 0 saturated carbocycles. The van der Waals surface area contributed by atoms with Gasteiger partial charge in [-0.25, -0.2) is 9.18 Å². The maximum Gasteiger partial charge on any atom is 0.321 e. The van der Waals surface area contributed by atoms with Gasteiger partial charge in [0, 0.05) is 25.3 Å².